The van der Waals surface area contributed by atoms with Gasteiger partial charge >= 0.3 is 0 Å². The lowest BCUT2D eigenvalue weighted by molar-refractivity contribution is 0.144. The molecule has 0 saturated heterocycles. The molecule has 1 rings (SSSR count). The summed E-state index contributed by atoms with van der Waals surface area (Å²) in [6.07, 6.45) is 36.7. The van der Waals surface area contributed by atoms with Crippen molar-refractivity contribution in [2.75, 3.05) is 13.1 Å². The molecule has 0 N–H and O–H groups in total. The van der Waals surface area contributed by atoms with Gasteiger partial charge in [-0.25, -0.2) is 0 Å². The van der Waals surface area contributed by atoms with Crippen molar-refractivity contribution in [3.63, 3.8) is 0 Å². The Morgan fingerprint density at radius 3 is 0.969 bits per heavy atom. The Labute approximate surface area is 203 Å². The van der Waals surface area contributed by atoms with Crippen LogP contribution in [0.1, 0.15) is 162 Å². The number of rotatable bonds is 24. The normalized spacial score (nSPS) is 15.9. The average molecular weight is 449 g/mol. The fourth-order valence-corrected chi connectivity index (χ4v) is 5.22. The summed E-state index contributed by atoms with van der Waals surface area (Å²) in [4.78, 5) is 5.22. The first kappa shape index (κ1) is 29.4. The van der Waals surface area contributed by atoms with Gasteiger partial charge in [-0.3, -0.25) is 0 Å². The van der Waals surface area contributed by atoms with Crippen molar-refractivity contribution < 1.29 is 0 Å². The van der Waals surface area contributed by atoms with Crippen LogP contribution in [0.15, 0.2) is 12.4 Å². The Balaban J connectivity index is 1.92. The van der Waals surface area contributed by atoms with Crippen LogP contribution in [0.5, 0.6) is 0 Å². The van der Waals surface area contributed by atoms with Gasteiger partial charge in [0.2, 0.25) is 0 Å². The highest BCUT2D eigenvalue weighted by atomic mass is 15.4. The highest BCUT2D eigenvalue weighted by Gasteiger charge is 2.23. The van der Waals surface area contributed by atoms with Gasteiger partial charge in [-0.15, -0.1) is 0 Å². The molecule has 0 spiro atoms. The Bertz CT molecular complexity index is 406. The van der Waals surface area contributed by atoms with E-state index in [0.717, 1.165) is 0 Å². The lowest BCUT2D eigenvalue weighted by atomic mass is 10.0. The molecule has 0 fully saturated rings. The second-order valence-electron chi connectivity index (χ2n) is 10.4. The minimum Gasteiger partial charge on any atom is -0.356 e. The van der Waals surface area contributed by atoms with E-state index in [1.807, 2.05) is 0 Å². The van der Waals surface area contributed by atoms with Gasteiger partial charge in [-0.2, -0.15) is 0 Å². The summed E-state index contributed by atoms with van der Waals surface area (Å²) < 4.78 is 0. The van der Waals surface area contributed by atoms with Crippen LogP contribution in [-0.4, -0.2) is 29.1 Å². The number of hydrogen-bond donors (Lipinski definition) is 0. The summed E-state index contributed by atoms with van der Waals surface area (Å²) in [6, 6.07) is 0. The molecule has 1 aliphatic heterocycles. The summed E-state index contributed by atoms with van der Waals surface area (Å²) >= 11 is 0. The minimum absolute atomic E-state index is 0.622. The van der Waals surface area contributed by atoms with Crippen LogP contribution in [0.3, 0.4) is 0 Å². The van der Waals surface area contributed by atoms with E-state index in [2.05, 4.69) is 43.0 Å². The van der Waals surface area contributed by atoms with Crippen LogP contribution in [0.4, 0.5) is 0 Å². The molecule has 0 aromatic rings. The molecule has 0 radical (unpaired) electrons. The molecule has 0 saturated carbocycles. The molecule has 0 aliphatic carbocycles. The van der Waals surface area contributed by atoms with E-state index in [0.29, 0.717) is 6.17 Å². The maximum atomic E-state index is 2.61. The van der Waals surface area contributed by atoms with Crippen molar-refractivity contribution in [1.29, 1.82) is 0 Å². The molecule has 1 heterocycles. The van der Waals surface area contributed by atoms with Crippen molar-refractivity contribution in [3.8, 4) is 0 Å². The summed E-state index contributed by atoms with van der Waals surface area (Å²) in [5, 5.41) is 0. The third-order valence-corrected chi connectivity index (χ3v) is 7.37. The van der Waals surface area contributed by atoms with Crippen LogP contribution in [0.2, 0.25) is 0 Å². The maximum Gasteiger partial charge on any atom is 0.100 e. The SMILES string of the molecule is CCCCCCCCCCCCCCCCN1C=CN(CCCCCCCCC)C1CC. The second kappa shape index (κ2) is 22.1. The quantitative estimate of drug-likeness (QED) is 0.135. The zero-order valence-corrected chi connectivity index (χ0v) is 22.6. The first-order valence-corrected chi connectivity index (χ1v) is 15.0. The van der Waals surface area contributed by atoms with Gasteiger partial charge in [0.05, 0.1) is 0 Å². The Kier molecular flexibility index (Phi) is 20.3. The van der Waals surface area contributed by atoms with Crippen LogP contribution < -0.4 is 0 Å². The van der Waals surface area contributed by atoms with Gasteiger partial charge < -0.3 is 9.80 Å². The molecule has 1 aliphatic rings. The van der Waals surface area contributed by atoms with Crippen LogP contribution >= 0.6 is 0 Å². The molecular formula is C30H60N2. The topological polar surface area (TPSA) is 6.48 Å². The molecule has 0 amide bonds. The lowest BCUT2D eigenvalue weighted by Gasteiger charge is -2.32. The summed E-state index contributed by atoms with van der Waals surface area (Å²) in [6.45, 7) is 9.46. The summed E-state index contributed by atoms with van der Waals surface area (Å²) in [7, 11) is 0. The highest BCUT2D eigenvalue weighted by Crippen LogP contribution is 2.21. The minimum atomic E-state index is 0.622. The van der Waals surface area contributed by atoms with Gasteiger partial charge in [-0.05, 0) is 19.3 Å². The van der Waals surface area contributed by atoms with Crippen LogP contribution in [0.25, 0.3) is 0 Å². The van der Waals surface area contributed by atoms with Gasteiger partial charge in [0, 0.05) is 25.5 Å². The van der Waals surface area contributed by atoms with E-state index in [1.165, 1.54) is 154 Å². The summed E-state index contributed by atoms with van der Waals surface area (Å²) in [5.41, 5.74) is 0. The standard InChI is InChI=1S/C30H60N2/c1-4-7-9-11-13-14-15-16-17-18-19-21-23-25-27-32-29-28-31(30(32)6-3)26-24-22-20-12-10-8-5-2/h28-30H,4-27H2,1-3H3. The number of nitrogens with zero attached hydrogens (tertiary/aromatic N) is 2. The Morgan fingerprint density at radius 2 is 0.688 bits per heavy atom. The van der Waals surface area contributed by atoms with Gasteiger partial charge in [0.25, 0.3) is 0 Å². The highest BCUT2D eigenvalue weighted by molar-refractivity contribution is 4.96. The van der Waals surface area contributed by atoms with E-state index < -0.39 is 0 Å². The third kappa shape index (κ3) is 15.2. The fraction of sp³-hybridized carbons (Fsp3) is 0.933. The molecule has 1 unspecified atom stereocenters. The maximum absolute atomic E-state index is 2.61. The fourth-order valence-electron chi connectivity index (χ4n) is 5.22. The zero-order valence-electron chi connectivity index (χ0n) is 22.6. The Hall–Kier alpha value is -0.660. The average Bonchev–Trinajstić information content (AvgIpc) is 3.20. The van der Waals surface area contributed by atoms with E-state index in [1.54, 1.807) is 0 Å². The van der Waals surface area contributed by atoms with E-state index >= 15 is 0 Å². The van der Waals surface area contributed by atoms with Crippen LogP contribution in [-0.2, 0) is 0 Å². The Morgan fingerprint density at radius 1 is 0.406 bits per heavy atom. The van der Waals surface area contributed by atoms with Gasteiger partial charge in [0.1, 0.15) is 6.17 Å². The molecule has 32 heavy (non-hydrogen) atoms. The summed E-state index contributed by atoms with van der Waals surface area (Å²) in [5.74, 6) is 0. The predicted octanol–water partition coefficient (Wildman–Crippen LogP) is 10.0. The molecule has 1 atom stereocenters. The smallest absolute Gasteiger partial charge is 0.100 e. The first-order chi connectivity index (χ1) is 15.8. The molecule has 190 valence electrons. The van der Waals surface area contributed by atoms with Crippen molar-refractivity contribution in [2.24, 2.45) is 0 Å². The van der Waals surface area contributed by atoms with Crippen molar-refractivity contribution >= 4 is 0 Å². The van der Waals surface area contributed by atoms with E-state index in [-0.39, 0.29) is 0 Å². The number of unbranched alkanes of at least 4 members (excludes halogenated alkanes) is 19. The van der Waals surface area contributed by atoms with Crippen molar-refractivity contribution in [1.82, 2.24) is 9.80 Å². The van der Waals surface area contributed by atoms with Gasteiger partial charge in [0.15, 0.2) is 0 Å². The van der Waals surface area contributed by atoms with Gasteiger partial charge in [-0.1, -0.05) is 143 Å². The predicted molar refractivity (Wildman–Crippen MR) is 145 cm³/mol. The first-order valence-electron chi connectivity index (χ1n) is 15.0. The monoisotopic (exact) mass is 448 g/mol. The van der Waals surface area contributed by atoms with Crippen LogP contribution in [0, 0.1) is 0 Å². The van der Waals surface area contributed by atoms with Crippen molar-refractivity contribution in [2.45, 2.75) is 168 Å². The second-order valence-corrected chi connectivity index (χ2v) is 10.4. The zero-order chi connectivity index (χ0) is 23.1. The molecule has 0 aromatic heterocycles. The van der Waals surface area contributed by atoms with E-state index in [4.69, 9.17) is 0 Å². The number of hydrogen-bond acceptors (Lipinski definition) is 2. The molecule has 0 aromatic carbocycles. The third-order valence-electron chi connectivity index (χ3n) is 7.37. The lowest BCUT2D eigenvalue weighted by Crippen LogP contribution is -2.38. The molecule has 2 nitrogen and oxygen atoms in total. The molecular weight excluding hydrogens is 388 g/mol. The van der Waals surface area contributed by atoms with E-state index in [9.17, 15) is 0 Å². The van der Waals surface area contributed by atoms with Crippen molar-refractivity contribution in [3.05, 3.63) is 12.4 Å². The molecule has 0 bridgehead atoms. The molecule has 2 heteroatoms. The largest absolute Gasteiger partial charge is 0.356 e.